The summed E-state index contributed by atoms with van der Waals surface area (Å²) in [4.78, 5) is 27.3. The Balaban J connectivity index is 1.17. The van der Waals surface area contributed by atoms with Gasteiger partial charge in [0, 0.05) is 31.5 Å². The molecule has 3 N–H and O–H groups in total. The molecule has 9 nitrogen and oxygen atoms in total. The second kappa shape index (κ2) is 14.6. The zero-order valence-electron chi connectivity index (χ0n) is 25.7. The van der Waals surface area contributed by atoms with Crippen molar-refractivity contribution in [3.63, 3.8) is 0 Å². The van der Waals surface area contributed by atoms with Crippen molar-refractivity contribution in [2.75, 3.05) is 26.8 Å². The number of carbonyl (C=O) groups is 2. The fourth-order valence-corrected chi connectivity index (χ4v) is 5.49. The molecular weight excluding hydrogens is 570 g/mol. The van der Waals surface area contributed by atoms with Crippen LogP contribution in [0.4, 0.5) is 4.79 Å². The van der Waals surface area contributed by atoms with Gasteiger partial charge in [0.25, 0.3) is 0 Å². The summed E-state index contributed by atoms with van der Waals surface area (Å²) in [6.07, 6.45) is 1.49. The van der Waals surface area contributed by atoms with Gasteiger partial charge in [0.1, 0.15) is 30.0 Å². The minimum atomic E-state index is -0.486. The van der Waals surface area contributed by atoms with Crippen LogP contribution in [0.15, 0.2) is 84.9 Å². The molecule has 0 radical (unpaired) electrons. The van der Waals surface area contributed by atoms with Crippen molar-refractivity contribution >= 4 is 28.7 Å². The van der Waals surface area contributed by atoms with Crippen molar-refractivity contribution < 1.29 is 28.5 Å². The van der Waals surface area contributed by atoms with Gasteiger partial charge in [-0.2, -0.15) is 0 Å². The molecule has 0 spiro atoms. The molecule has 1 unspecified atom stereocenters. The van der Waals surface area contributed by atoms with E-state index in [1.54, 1.807) is 18.9 Å². The number of ether oxygens (including phenoxy) is 4. The van der Waals surface area contributed by atoms with E-state index in [2.05, 4.69) is 0 Å². The Morgan fingerprint density at radius 3 is 2.20 bits per heavy atom. The van der Waals surface area contributed by atoms with Gasteiger partial charge in [-0.05, 0) is 71.1 Å². The molecule has 0 aliphatic carbocycles. The summed E-state index contributed by atoms with van der Waals surface area (Å²) in [5, 5.41) is 9.75. The lowest BCUT2D eigenvalue weighted by Gasteiger charge is -2.31. The Kier molecular flexibility index (Phi) is 10.2. The number of nitrogens with two attached hydrogens (primary N) is 1. The number of hydrogen-bond acceptors (Lipinski definition) is 7. The van der Waals surface area contributed by atoms with Gasteiger partial charge >= 0.3 is 12.1 Å². The number of hydrogen-bond donors (Lipinski definition) is 2. The van der Waals surface area contributed by atoms with Gasteiger partial charge in [-0.1, -0.05) is 54.6 Å². The molecule has 0 saturated carbocycles. The zero-order valence-corrected chi connectivity index (χ0v) is 25.7. The fraction of sp³-hybridized carbons (Fsp3) is 0.306. The number of rotatable bonds is 11. The van der Waals surface area contributed by atoms with Crippen molar-refractivity contribution in [1.29, 1.82) is 5.41 Å². The first-order valence-corrected chi connectivity index (χ1v) is 15.2. The van der Waals surface area contributed by atoms with Gasteiger partial charge in [-0.15, -0.1) is 0 Å². The molecule has 0 bridgehead atoms. The number of nitrogen functional groups attached to an aromatic ring is 1. The van der Waals surface area contributed by atoms with Crippen LogP contribution in [-0.4, -0.2) is 55.7 Å². The Labute approximate surface area is 263 Å². The molecule has 1 heterocycles. The molecule has 1 fully saturated rings. The summed E-state index contributed by atoms with van der Waals surface area (Å²) in [5.74, 6) is 0.717. The summed E-state index contributed by atoms with van der Waals surface area (Å²) in [6.45, 7) is 3.41. The van der Waals surface area contributed by atoms with Crippen LogP contribution in [0.1, 0.15) is 47.9 Å². The van der Waals surface area contributed by atoms with Gasteiger partial charge in [0.2, 0.25) is 0 Å². The molecule has 1 amide bonds. The molecule has 234 valence electrons. The number of piperidine rings is 1. The summed E-state index contributed by atoms with van der Waals surface area (Å²) in [7, 11) is 1.61. The summed E-state index contributed by atoms with van der Waals surface area (Å²) >= 11 is 0. The number of carbonyl (C=O) groups excluding carboxylic acids is 2. The molecule has 1 saturated heterocycles. The molecule has 45 heavy (non-hydrogen) atoms. The third-order valence-corrected chi connectivity index (χ3v) is 8.03. The lowest BCUT2D eigenvalue weighted by atomic mass is 9.91. The number of methoxy groups -OCH3 is 1. The SMILES string of the molecule is CCOC(=O)C(Cc1ccc2ccc(C(=N)N)cc2c1)c1ccc(OC2CCN(C(=O)OCc3ccc(OC)cc3)CC2)cc1. The Hall–Kier alpha value is -5.05. The number of fused-ring (bicyclic) bond motifs is 1. The topological polar surface area (TPSA) is 124 Å². The molecule has 9 heteroatoms. The number of amidine groups is 1. The van der Waals surface area contributed by atoms with E-state index >= 15 is 0 Å². The molecule has 0 aromatic heterocycles. The van der Waals surface area contributed by atoms with Crippen LogP contribution >= 0.6 is 0 Å². The second-order valence-electron chi connectivity index (χ2n) is 11.1. The molecule has 1 aliphatic heterocycles. The number of likely N-dealkylation sites (tertiary alicyclic amines) is 1. The fourth-order valence-electron chi connectivity index (χ4n) is 5.49. The van der Waals surface area contributed by atoms with E-state index in [0.717, 1.165) is 33.2 Å². The van der Waals surface area contributed by atoms with E-state index in [0.29, 0.717) is 50.3 Å². The standard InChI is InChI=1S/C36H39N3O6/c1-3-43-35(40)33(21-25-4-7-26-8-9-28(34(37)38)22-29(26)20-25)27-10-14-31(15-11-27)45-32-16-18-39(19-17-32)36(41)44-23-24-5-12-30(42-2)13-6-24/h4-15,20,22,32-33H,3,16-19,21,23H2,1-2H3,(H3,37,38). The number of nitrogens with zero attached hydrogens (tertiary/aromatic N) is 1. The highest BCUT2D eigenvalue weighted by Crippen LogP contribution is 2.28. The van der Waals surface area contributed by atoms with Crippen LogP contribution < -0.4 is 15.2 Å². The zero-order chi connectivity index (χ0) is 31.8. The van der Waals surface area contributed by atoms with Gasteiger partial charge in [0.15, 0.2) is 0 Å². The van der Waals surface area contributed by atoms with E-state index < -0.39 is 5.92 Å². The first kappa shape index (κ1) is 31.4. The molecule has 1 atom stereocenters. The first-order chi connectivity index (χ1) is 21.8. The average Bonchev–Trinajstić information content (AvgIpc) is 3.06. The van der Waals surface area contributed by atoms with E-state index in [1.165, 1.54) is 0 Å². The second-order valence-corrected chi connectivity index (χ2v) is 11.1. The van der Waals surface area contributed by atoms with Crippen molar-refractivity contribution in [2.24, 2.45) is 5.73 Å². The van der Waals surface area contributed by atoms with Crippen LogP contribution in [0.25, 0.3) is 10.8 Å². The predicted molar refractivity (Wildman–Crippen MR) is 173 cm³/mol. The highest BCUT2D eigenvalue weighted by Gasteiger charge is 2.26. The Bertz CT molecular complexity index is 1630. The van der Waals surface area contributed by atoms with Gasteiger partial charge in [0.05, 0.1) is 19.6 Å². The van der Waals surface area contributed by atoms with Crippen molar-refractivity contribution in [3.8, 4) is 11.5 Å². The Morgan fingerprint density at radius 2 is 1.53 bits per heavy atom. The smallest absolute Gasteiger partial charge is 0.410 e. The van der Waals surface area contributed by atoms with Crippen molar-refractivity contribution in [2.45, 2.75) is 44.8 Å². The van der Waals surface area contributed by atoms with Crippen LogP contribution in [0.3, 0.4) is 0 Å². The highest BCUT2D eigenvalue weighted by atomic mass is 16.6. The maximum atomic E-state index is 13.1. The van der Waals surface area contributed by atoms with E-state index in [1.807, 2.05) is 84.9 Å². The van der Waals surface area contributed by atoms with Crippen molar-refractivity contribution in [3.05, 3.63) is 107 Å². The van der Waals surface area contributed by atoms with Gasteiger partial charge in [-0.3, -0.25) is 10.2 Å². The number of esters is 1. The predicted octanol–water partition coefficient (Wildman–Crippen LogP) is 6.20. The number of benzene rings is 4. The molecule has 4 aromatic carbocycles. The minimum Gasteiger partial charge on any atom is -0.497 e. The van der Waals surface area contributed by atoms with Gasteiger partial charge in [-0.25, -0.2) is 4.79 Å². The molecular formula is C36H39N3O6. The lowest BCUT2D eigenvalue weighted by Crippen LogP contribution is -2.42. The molecule has 5 rings (SSSR count). The number of amides is 1. The quantitative estimate of drug-likeness (QED) is 0.118. The molecule has 4 aromatic rings. The third-order valence-electron chi connectivity index (χ3n) is 8.03. The van der Waals surface area contributed by atoms with E-state index in [4.69, 9.17) is 30.1 Å². The van der Waals surface area contributed by atoms with E-state index in [9.17, 15) is 9.59 Å². The summed E-state index contributed by atoms with van der Waals surface area (Å²) in [5.41, 5.74) is 9.07. The normalized spacial score (nSPS) is 14.0. The number of nitrogens with one attached hydrogen (secondary N) is 1. The molecule has 1 aliphatic rings. The van der Waals surface area contributed by atoms with Crippen LogP contribution in [0, 0.1) is 5.41 Å². The van der Waals surface area contributed by atoms with Gasteiger partial charge < -0.3 is 29.6 Å². The maximum Gasteiger partial charge on any atom is 0.410 e. The largest absolute Gasteiger partial charge is 0.497 e. The minimum absolute atomic E-state index is 0.0165. The van der Waals surface area contributed by atoms with Crippen LogP contribution in [0.5, 0.6) is 11.5 Å². The monoisotopic (exact) mass is 609 g/mol. The average molecular weight is 610 g/mol. The maximum absolute atomic E-state index is 13.1. The van der Waals surface area contributed by atoms with Crippen LogP contribution in [0.2, 0.25) is 0 Å². The lowest BCUT2D eigenvalue weighted by molar-refractivity contribution is -0.144. The Morgan fingerprint density at radius 1 is 0.867 bits per heavy atom. The third kappa shape index (κ3) is 8.12. The van der Waals surface area contributed by atoms with E-state index in [-0.39, 0.29) is 30.6 Å². The first-order valence-electron chi connectivity index (χ1n) is 15.2. The van der Waals surface area contributed by atoms with Crippen LogP contribution in [-0.2, 0) is 27.3 Å². The summed E-state index contributed by atoms with van der Waals surface area (Å²) < 4.78 is 22.3. The highest BCUT2D eigenvalue weighted by molar-refractivity contribution is 5.99. The summed E-state index contributed by atoms with van der Waals surface area (Å²) in [6, 6.07) is 26.8. The van der Waals surface area contributed by atoms with Crippen molar-refractivity contribution in [1.82, 2.24) is 4.90 Å².